The summed E-state index contributed by atoms with van der Waals surface area (Å²) in [5.41, 5.74) is 3.96. The minimum absolute atomic E-state index is 0.277. The number of rotatable bonds is 5. The molecule has 1 unspecified atom stereocenters. The van der Waals surface area contributed by atoms with Crippen LogP contribution in [0.5, 0.6) is 5.75 Å². The lowest BCUT2D eigenvalue weighted by molar-refractivity contribution is 0.467. The second-order valence-electron chi connectivity index (χ2n) is 5.21. The number of benzene rings is 1. The average Bonchev–Trinajstić information content (AvgIpc) is 2.91. The molecule has 20 heavy (non-hydrogen) atoms. The summed E-state index contributed by atoms with van der Waals surface area (Å²) in [7, 11) is 0. The summed E-state index contributed by atoms with van der Waals surface area (Å²) in [6, 6.07) is 4.27. The van der Waals surface area contributed by atoms with Crippen molar-refractivity contribution in [2.24, 2.45) is 0 Å². The van der Waals surface area contributed by atoms with Crippen LogP contribution in [0.3, 0.4) is 0 Å². The number of phenols is 1. The molecule has 1 heterocycles. The Hall–Kier alpha value is -1.39. The van der Waals surface area contributed by atoms with Gasteiger partial charge in [0, 0.05) is 17.0 Å². The molecule has 0 aliphatic carbocycles. The van der Waals surface area contributed by atoms with Gasteiger partial charge in [-0.1, -0.05) is 6.92 Å². The molecule has 0 amide bonds. The molecule has 4 heteroatoms. The highest BCUT2D eigenvalue weighted by molar-refractivity contribution is 7.13. The first kappa shape index (κ1) is 15.0. The highest BCUT2D eigenvalue weighted by atomic mass is 32.1. The Balaban J connectivity index is 2.24. The summed E-state index contributed by atoms with van der Waals surface area (Å²) in [5, 5.41) is 16.4. The number of thiazole rings is 1. The minimum atomic E-state index is 0.277. The molecule has 0 saturated heterocycles. The van der Waals surface area contributed by atoms with E-state index in [1.165, 1.54) is 0 Å². The molecule has 0 saturated carbocycles. The summed E-state index contributed by atoms with van der Waals surface area (Å²) in [5.74, 6) is 0.378. The first-order valence-corrected chi connectivity index (χ1v) is 7.90. The van der Waals surface area contributed by atoms with Crippen LogP contribution in [0.25, 0.3) is 10.6 Å². The van der Waals surface area contributed by atoms with E-state index in [0.29, 0.717) is 5.75 Å². The zero-order chi connectivity index (χ0) is 14.7. The first-order chi connectivity index (χ1) is 9.52. The first-order valence-electron chi connectivity index (χ1n) is 7.02. The standard InChI is InChI=1S/C16H22N2OS/c1-5-6-17-12(4)14-9-20-16(18-14)13-7-10(2)15(19)11(3)8-13/h7-9,12,17,19H,5-6H2,1-4H3. The maximum absolute atomic E-state index is 9.84. The molecule has 108 valence electrons. The smallest absolute Gasteiger partial charge is 0.123 e. The normalized spacial score (nSPS) is 12.6. The van der Waals surface area contributed by atoms with E-state index < -0.39 is 0 Å². The quantitative estimate of drug-likeness (QED) is 0.867. The maximum atomic E-state index is 9.84. The summed E-state index contributed by atoms with van der Waals surface area (Å²) in [6.45, 7) is 9.15. The number of aromatic nitrogens is 1. The van der Waals surface area contributed by atoms with Crippen molar-refractivity contribution < 1.29 is 5.11 Å². The lowest BCUT2D eigenvalue weighted by Crippen LogP contribution is -2.19. The zero-order valence-electron chi connectivity index (χ0n) is 12.5. The van der Waals surface area contributed by atoms with E-state index in [0.717, 1.165) is 40.4 Å². The molecule has 0 aliphatic rings. The molecule has 1 aromatic carbocycles. The lowest BCUT2D eigenvalue weighted by Gasteiger charge is -2.10. The third kappa shape index (κ3) is 3.19. The van der Waals surface area contributed by atoms with Gasteiger partial charge in [-0.25, -0.2) is 4.98 Å². The van der Waals surface area contributed by atoms with E-state index in [2.05, 4.69) is 24.5 Å². The molecule has 0 radical (unpaired) electrons. The fraction of sp³-hybridized carbons (Fsp3) is 0.438. The number of hydrogen-bond acceptors (Lipinski definition) is 4. The molecular formula is C16H22N2OS. The van der Waals surface area contributed by atoms with Crippen molar-refractivity contribution in [1.29, 1.82) is 0 Å². The largest absolute Gasteiger partial charge is 0.507 e. The Morgan fingerprint density at radius 1 is 1.30 bits per heavy atom. The van der Waals surface area contributed by atoms with Gasteiger partial charge >= 0.3 is 0 Å². The molecule has 2 aromatic rings. The maximum Gasteiger partial charge on any atom is 0.123 e. The average molecular weight is 290 g/mol. The molecule has 0 spiro atoms. The Bertz CT molecular complexity index is 569. The topological polar surface area (TPSA) is 45.1 Å². The fourth-order valence-electron chi connectivity index (χ4n) is 2.16. The number of hydrogen-bond donors (Lipinski definition) is 2. The van der Waals surface area contributed by atoms with Crippen molar-refractivity contribution in [3.8, 4) is 16.3 Å². The molecule has 2 N–H and O–H groups in total. The van der Waals surface area contributed by atoms with E-state index in [4.69, 9.17) is 4.98 Å². The molecule has 0 fully saturated rings. The number of nitrogens with one attached hydrogen (secondary N) is 1. The van der Waals surface area contributed by atoms with Crippen LogP contribution in [0, 0.1) is 13.8 Å². The van der Waals surface area contributed by atoms with Crippen LogP contribution >= 0.6 is 11.3 Å². The van der Waals surface area contributed by atoms with Crippen LogP contribution in [0.15, 0.2) is 17.5 Å². The monoisotopic (exact) mass is 290 g/mol. The van der Waals surface area contributed by atoms with E-state index >= 15 is 0 Å². The van der Waals surface area contributed by atoms with Gasteiger partial charge in [0.15, 0.2) is 0 Å². The van der Waals surface area contributed by atoms with Crippen LogP contribution in [-0.4, -0.2) is 16.6 Å². The predicted octanol–water partition coefficient (Wildman–Crippen LogP) is 4.19. The van der Waals surface area contributed by atoms with Gasteiger partial charge in [0.1, 0.15) is 10.8 Å². The van der Waals surface area contributed by atoms with Crippen LogP contribution in [-0.2, 0) is 0 Å². The van der Waals surface area contributed by atoms with Crippen LogP contribution in [0.4, 0.5) is 0 Å². The lowest BCUT2D eigenvalue weighted by atomic mass is 10.1. The van der Waals surface area contributed by atoms with Crippen molar-refractivity contribution in [3.63, 3.8) is 0 Å². The third-order valence-electron chi connectivity index (χ3n) is 3.40. The van der Waals surface area contributed by atoms with E-state index in [1.807, 2.05) is 26.0 Å². The molecular weight excluding hydrogens is 268 g/mol. The number of aromatic hydroxyl groups is 1. The molecule has 3 nitrogen and oxygen atoms in total. The summed E-state index contributed by atoms with van der Waals surface area (Å²) < 4.78 is 0. The van der Waals surface area contributed by atoms with Gasteiger partial charge in [-0.05, 0) is 57.0 Å². The van der Waals surface area contributed by atoms with E-state index in [9.17, 15) is 5.11 Å². The SMILES string of the molecule is CCCNC(C)c1csc(-c2cc(C)c(O)c(C)c2)n1. The highest BCUT2D eigenvalue weighted by Crippen LogP contribution is 2.31. The number of nitrogens with zero attached hydrogens (tertiary/aromatic N) is 1. The van der Waals surface area contributed by atoms with Crippen LogP contribution < -0.4 is 5.32 Å². The number of aryl methyl sites for hydroxylation is 2. The van der Waals surface area contributed by atoms with Gasteiger partial charge in [-0.15, -0.1) is 11.3 Å². The predicted molar refractivity (Wildman–Crippen MR) is 85.4 cm³/mol. The summed E-state index contributed by atoms with van der Waals surface area (Å²) in [6.07, 6.45) is 1.12. The molecule has 0 aliphatic heterocycles. The van der Waals surface area contributed by atoms with Gasteiger partial charge in [0.05, 0.1) is 5.69 Å². The highest BCUT2D eigenvalue weighted by Gasteiger charge is 2.12. The summed E-state index contributed by atoms with van der Waals surface area (Å²) in [4.78, 5) is 4.72. The second-order valence-corrected chi connectivity index (χ2v) is 6.07. The van der Waals surface area contributed by atoms with E-state index in [-0.39, 0.29) is 6.04 Å². The minimum Gasteiger partial charge on any atom is -0.507 e. The number of phenolic OH excluding ortho intramolecular Hbond substituents is 1. The van der Waals surface area contributed by atoms with Crippen molar-refractivity contribution >= 4 is 11.3 Å². The van der Waals surface area contributed by atoms with Crippen molar-refractivity contribution in [2.45, 2.75) is 40.2 Å². The fourth-order valence-corrected chi connectivity index (χ4v) is 3.06. The molecule has 1 aromatic heterocycles. The van der Waals surface area contributed by atoms with Gasteiger partial charge in [0.25, 0.3) is 0 Å². The Labute approximate surface area is 124 Å². The van der Waals surface area contributed by atoms with Crippen LogP contribution in [0.2, 0.25) is 0 Å². The molecule has 0 bridgehead atoms. The van der Waals surface area contributed by atoms with Crippen molar-refractivity contribution in [3.05, 3.63) is 34.3 Å². The van der Waals surface area contributed by atoms with Crippen molar-refractivity contribution in [1.82, 2.24) is 10.3 Å². The van der Waals surface area contributed by atoms with Gasteiger partial charge in [-0.2, -0.15) is 0 Å². The van der Waals surface area contributed by atoms with Crippen molar-refractivity contribution in [2.75, 3.05) is 6.54 Å². The Kier molecular flexibility index (Phi) is 4.78. The van der Waals surface area contributed by atoms with Gasteiger partial charge in [0.2, 0.25) is 0 Å². The Morgan fingerprint density at radius 3 is 2.55 bits per heavy atom. The third-order valence-corrected chi connectivity index (χ3v) is 4.31. The summed E-state index contributed by atoms with van der Waals surface area (Å²) >= 11 is 1.65. The zero-order valence-corrected chi connectivity index (χ0v) is 13.3. The second kappa shape index (κ2) is 6.37. The Morgan fingerprint density at radius 2 is 1.95 bits per heavy atom. The van der Waals surface area contributed by atoms with Crippen LogP contribution in [0.1, 0.15) is 43.1 Å². The van der Waals surface area contributed by atoms with E-state index in [1.54, 1.807) is 11.3 Å². The van der Waals surface area contributed by atoms with Gasteiger partial charge < -0.3 is 10.4 Å². The molecule has 1 atom stereocenters. The van der Waals surface area contributed by atoms with Gasteiger partial charge in [-0.3, -0.25) is 0 Å². The molecule has 2 rings (SSSR count).